The zero-order valence-corrected chi connectivity index (χ0v) is 21.3. The van der Waals surface area contributed by atoms with Crippen molar-refractivity contribution in [1.29, 1.82) is 0 Å². The largest absolute Gasteiger partial charge is 0.504 e. The van der Waals surface area contributed by atoms with Gasteiger partial charge in [-0.2, -0.15) is 5.10 Å². The maximum atomic E-state index is 13.3. The first-order valence-electron chi connectivity index (χ1n) is 10.5. The Labute approximate surface area is 213 Å². The van der Waals surface area contributed by atoms with Crippen molar-refractivity contribution in [1.82, 2.24) is 15.0 Å². The maximum absolute atomic E-state index is 13.3. The van der Waals surface area contributed by atoms with Crippen LogP contribution in [0.4, 0.5) is 0 Å². The summed E-state index contributed by atoms with van der Waals surface area (Å²) in [5, 5.41) is 14.8. The second kappa shape index (κ2) is 10.7. The summed E-state index contributed by atoms with van der Waals surface area (Å²) in [6.45, 7) is 1.73. The molecule has 1 aromatic heterocycles. The van der Waals surface area contributed by atoms with E-state index in [1.807, 2.05) is 30.3 Å². The van der Waals surface area contributed by atoms with Crippen LogP contribution in [0.2, 0.25) is 0 Å². The number of thioether (sulfide) groups is 1. The molecule has 0 saturated heterocycles. The van der Waals surface area contributed by atoms with Crippen molar-refractivity contribution in [2.75, 3.05) is 12.9 Å². The van der Waals surface area contributed by atoms with Crippen LogP contribution in [0.3, 0.4) is 0 Å². The van der Waals surface area contributed by atoms with Crippen molar-refractivity contribution < 1.29 is 14.6 Å². The van der Waals surface area contributed by atoms with Gasteiger partial charge in [0.1, 0.15) is 0 Å². The molecule has 0 aliphatic rings. The van der Waals surface area contributed by atoms with E-state index < -0.39 is 0 Å². The van der Waals surface area contributed by atoms with Crippen LogP contribution in [0.1, 0.15) is 12.5 Å². The highest BCUT2D eigenvalue weighted by atomic mass is 79.9. The monoisotopic (exact) mass is 552 g/mol. The summed E-state index contributed by atoms with van der Waals surface area (Å²) in [6, 6.07) is 19.2. The van der Waals surface area contributed by atoms with E-state index in [2.05, 4.69) is 31.4 Å². The number of aromatic hydroxyl groups is 1. The van der Waals surface area contributed by atoms with E-state index in [0.717, 1.165) is 16.2 Å². The second-order valence-corrected chi connectivity index (χ2v) is 9.29. The van der Waals surface area contributed by atoms with Crippen molar-refractivity contribution in [2.45, 2.75) is 12.1 Å². The van der Waals surface area contributed by atoms with Crippen LogP contribution in [-0.4, -0.2) is 39.1 Å². The van der Waals surface area contributed by atoms with Crippen LogP contribution in [0.25, 0.3) is 16.6 Å². The van der Waals surface area contributed by atoms with Gasteiger partial charge in [0.05, 0.1) is 35.2 Å². The van der Waals surface area contributed by atoms with Crippen LogP contribution >= 0.6 is 27.7 Å². The van der Waals surface area contributed by atoms with Crippen molar-refractivity contribution >= 4 is 50.2 Å². The number of hydrogen-bond acceptors (Lipinski definition) is 7. The van der Waals surface area contributed by atoms with E-state index in [1.54, 1.807) is 37.3 Å². The minimum absolute atomic E-state index is 0.00299. The number of para-hydroxylation sites is 1. The first kappa shape index (κ1) is 24.5. The van der Waals surface area contributed by atoms with Gasteiger partial charge in [0, 0.05) is 10.0 Å². The number of benzene rings is 3. The number of phenols is 1. The third kappa shape index (κ3) is 5.55. The molecule has 0 spiro atoms. The van der Waals surface area contributed by atoms with Gasteiger partial charge in [0.15, 0.2) is 16.7 Å². The number of amides is 1. The SMILES string of the molecule is COc1cc(C(C)=NNC(=O)CSc2nc3ccccc3c(=O)n2-c2ccc(Br)cc2)ccc1O. The zero-order valence-electron chi connectivity index (χ0n) is 18.9. The molecule has 0 aliphatic carbocycles. The third-order valence-corrected chi connectivity index (χ3v) is 6.58. The van der Waals surface area contributed by atoms with Crippen molar-refractivity contribution in [3.05, 3.63) is 87.1 Å². The topological polar surface area (TPSA) is 106 Å². The summed E-state index contributed by atoms with van der Waals surface area (Å²) in [6.07, 6.45) is 0. The average molecular weight is 553 g/mol. The maximum Gasteiger partial charge on any atom is 0.266 e. The molecule has 1 amide bonds. The molecule has 4 aromatic rings. The molecule has 0 aliphatic heterocycles. The number of fused-ring (bicyclic) bond motifs is 1. The van der Waals surface area contributed by atoms with Gasteiger partial charge in [0.25, 0.3) is 11.5 Å². The first-order chi connectivity index (χ1) is 16.9. The summed E-state index contributed by atoms with van der Waals surface area (Å²) < 4.78 is 7.50. The quantitative estimate of drug-likeness (QED) is 0.151. The van der Waals surface area contributed by atoms with Crippen molar-refractivity contribution in [3.63, 3.8) is 0 Å². The summed E-state index contributed by atoms with van der Waals surface area (Å²) in [5.41, 5.74) is 4.75. The Morgan fingerprint density at radius 3 is 2.66 bits per heavy atom. The molecular formula is C25H21BrN4O4S. The number of ether oxygens (including phenoxy) is 1. The summed E-state index contributed by atoms with van der Waals surface area (Å²) >= 11 is 4.55. The third-order valence-electron chi connectivity index (χ3n) is 5.11. The Morgan fingerprint density at radius 2 is 1.91 bits per heavy atom. The van der Waals surface area contributed by atoms with E-state index in [9.17, 15) is 14.7 Å². The molecule has 0 radical (unpaired) electrons. The Morgan fingerprint density at radius 1 is 1.17 bits per heavy atom. The van der Waals surface area contributed by atoms with Crippen molar-refractivity contribution in [2.24, 2.45) is 5.10 Å². The number of methoxy groups -OCH3 is 1. The molecule has 0 atom stereocenters. The molecule has 0 fully saturated rings. The molecule has 2 N–H and O–H groups in total. The Balaban J connectivity index is 1.56. The van der Waals surface area contributed by atoms with Crippen LogP contribution in [0.15, 0.2) is 86.3 Å². The van der Waals surface area contributed by atoms with Gasteiger partial charge in [-0.15, -0.1) is 0 Å². The summed E-state index contributed by atoms with van der Waals surface area (Å²) in [7, 11) is 1.46. The van der Waals surface area contributed by atoms with E-state index in [0.29, 0.717) is 38.8 Å². The molecule has 4 rings (SSSR count). The molecule has 1 heterocycles. The summed E-state index contributed by atoms with van der Waals surface area (Å²) in [4.78, 5) is 30.5. The Kier molecular flexibility index (Phi) is 7.52. The highest BCUT2D eigenvalue weighted by Gasteiger charge is 2.15. The van der Waals surface area contributed by atoms with E-state index >= 15 is 0 Å². The number of carbonyl (C=O) groups is 1. The van der Waals surface area contributed by atoms with Gasteiger partial charge in [-0.3, -0.25) is 14.2 Å². The first-order valence-corrected chi connectivity index (χ1v) is 12.3. The molecule has 178 valence electrons. The molecule has 0 saturated carbocycles. The second-order valence-electron chi connectivity index (χ2n) is 7.44. The lowest BCUT2D eigenvalue weighted by atomic mass is 10.1. The number of nitrogens with zero attached hydrogens (tertiary/aromatic N) is 3. The fourth-order valence-electron chi connectivity index (χ4n) is 3.30. The minimum atomic E-state index is -0.357. The summed E-state index contributed by atoms with van der Waals surface area (Å²) in [5.74, 6) is -0.0296. The Hall–Kier alpha value is -3.63. The number of phenolic OH excluding ortho intramolecular Hbond substituents is 1. The van der Waals surface area contributed by atoms with Gasteiger partial charge in [-0.05, 0) is 61.5 Å². The predicted octanol–water partition coefficient (Wildman–Crippen LogP) is 4.49. The number of aromatic nitrogens is 2. The van der Waals surface area contributed by atoms with E-state index in [4.69, 9.17) is 4.74 Å². The lowest BCUT2D eigenvalue weighted by Crippen LogP contribution is -2.24. The molecule has 35 heavy (non-hydrogen) atoms. The van der Waals surface area contributed by atoms with E-state index in [-0.39, 0.29) is 23.0 Å². The number of hydrazone groups is 1. The lowest BCUT2D eigenvalue weighted by Gasteiger charge is -2.13. The normalized spacial score (nSPS) is 11.5. The van der Waals surface area contributed by atoms with Crippen LogP contribution in [0, 0.1) is 0 Å². The molecular weight excluding hydrogens is 532 g/mol. The lowest BCUT2D eigenvalue weighted by molar-refractivity contribution is -0.118. The molecule has 10 heteroatoms. The number of carbonyl (C=O) groups excluding carboxylic acids is 1. The fourth-order valence-corrected chi connectivity index (χ4v) is 4.37. The molecule has 8 nitrogen and oxygen atoms in total. The zero-order chi connectivity index (χ0) is 24.9. The molecule has 3 aromatic carbocycles. The van der Waals surface area contributed by atoms with Gasteiger partial charge in [-0.25, -0.2) is 10.4 Å². The molecule has 0 bridgehead atoms. The number of hydrogen-bond donors (Lipinski definition) is 2. The molecule has 0 unspecified atom stereocenters. The number of nitrogens with one attached hydrogen (secondary N) is 1. The standard InChI is InChI=1S/C25H21BrN4O4S/c1-15(16-7-12-21(31)22(13-16)34-2)28-29-23(32)14-35-25-27-20-6-4-3-5-19(20)24(33)30(25)18-10-8-17(26)9-11-18/h3-13,31H,14H2,1-2H3,(H,29,32). The smallest absolute Gasteiger partial charge is 0.266 e. The van der Waals surface area contributed by atoms with E-state index in [1.165, 1.54) is 17.7 Å². The van der Waals surface area contributed by atoms with Crippen LogP contribution < -0.4 is 15.7 Å². The van der Waals surface area contributed by atoms with Gasteiger partial charge in [-0.1, -0.05) is 39.8 Å². The highest BCUT2D eigenvalue weighted by molar-refractivity contribution is 9.10. The van der Waals surface area contributed by atoms with Crippen molar-refractivity contribution in [3.8, 4) is 17.2 Å². The highest BCUT2D eigenvalue weighted by Crippen LogP contribution is 2.26. The van der Waals surface area contributed by atoms with Gasteiger partial charge in [0.2, 0.25) is 0 Å². The number of rotatable bonds is 7. The average Bonchev–Trinajstić information content (AvgIpc) is 2.87. The number of halogens is 1. The van der Waals surface area contributed by atoms with Crippen LogP contribution in [-0.2, 0) is 4.79 Å². The predicted molar refractivity (Wildman–Crippen MR) is 141 cm³/mol. The fraction of sp³-hybridized carbons (Fsp3) is 0.120. The van der Waals surface area contributed by atoms with Crippen LogP contribution in [0.5, 0.6) is 11.5 Å². The minimum Gasteiger partial charge on any atom is -0.504 e. The Bertz CT molecular complexity index is 1490. The van der Waals surface area contributed by atoms with Gasteiger partial charge >= 0.3 is 0 Å². The van der Waals surface area contributed by atoms with Gasteiger partial charge < -0.3 is 9.84 Å².